The zero-order valence-electron chi connectivity index (χ0n) is 11.4. The molecule has 2 aliphatic rings. The van der Waals surface area contributed by atoms with Crippen molar-refractivity contribution in [3.63, 3.8) is 0 Å². The van der Waals surface area contributed by atoms with Gasteiger partial charge in [0.1, 0.15) is 0 Å². The number of hydrogen-bond donors (Lipinski definition) is 2. The van der Waals surface area contributed by atoms with E-state index in [9.17, 15) is 4.79 Å². The number of primary amides is 1. The molecule has 1 amide bonds. The van der Waals surface area contributed by atoms with Gasteiger partial charge < -0.3 is 16.2 Å². The third kappa shape index (κ3) is 2.53. The largest absolute Gasteiger partial charge is 0.381 e. The van der Waals surface area contributed by atoms with Crippen molar-refractivity contribution in [1.29, 1.82) is 0 Å². The Kier molecular flexibility index (Phi) is 3.94. The second kappa shape index (κ2) is 5.15. The molecule has 1 saturated heterocycles. The zero-order chi connectivity index (χ0) is 13.3. The van der Waals surface area contributed by atoms with Crippen LogP contribution in [0.5, 0.6) is 0 Å². The van der Waals surface area contributed by atoms with Crippen LogP contribution in [0.15, 0.2) is 0 Å². The van der Waals surface area contributed by atoms with Gasteiger partial charge in [-0.2, -0.15) is 0 Å². The summed E-state index contributed by atoms with van der Waals surface area (Å²) in [6.45, 7) is 3.26. The first kappa shape index (κ1) is 13.8. The summed E-state index contributed by atoms with van der Waals surface area (Å²) in [7, 11) is 1.78. The SMILES string of the molecule is COC1CCN(C2CCC(N)(C(N)=O)C2)C(C)C1. The highest BCUT2D eigenvalue weighted by molar-refractivity contribution is 5.84. The van der Waals surface area contributed by atoms with Crippen LogP contribution in [0.1, 0.15) is 39.0 Å². The number of likely N-dealkylation sites (tertiary alicyclic amines) is 1. The predicted molar refractivity (Wildman–Crippen MR) is 70.0 cm³/mol. The van der Waals surface area contributed by atoms with E-state index >= 15 is 0 Å². The Morgan fingerprint density at radius 1 is 1.44 bits per heavy atom. The van der Waals surface area contributed by atoms with Gasteiger partial charge in [0.2, 0.25) is 5.91 Å². The minimum absolute atomic E-state index is 0.357. The number of carbonyl (C=O) groups excluding carboxylic acids is 1. The molecule has 0 aromatic carbocycles. The number of rotatable bonds is 3. The molecule has 18 heavy (non-hydrogen) atoms. The van der Waals surface area contributed by atoms with E-state index in [-0.39, 0.29) is 5.91 Å². The quantitative estimate of drug-likeness (QED) is 0.756. The number of piperidine rings is 1. The summed E-state index contributed by atoms with van der Waals surface area (Å²) in [5.74, 6) is -0.357. The monoisotopic (exact) mass is 255 g/mol. The summed E-state index contributed by atoms with van der Waals surface area (Å²) < 4.78 is 5.43. The van der Waals surface area contributed by atoms with Crippen LogP contribution in [0, 0.1) is 0 Å². The van der Waals surface area contributed by atoms with Crippen LogP contribution in [-0.2, 0) is 9.53 Å². The van der Waals surface area contributed by atoms with Crippen molar-refractivity contribution in [1.82, 2.24) is 4.90 Å². The molecule has 104 valence electrons. The highest BCUT2D eigenvalue weighted by atomic mass is 16.5. The Labute approximate surface area is 109 Å². The van der Waals surface area contributed by atoms with Crippen LogP contribution in [0.4, 0.5) is 0 Å². The fourth-order valence-electron chi connectivity index (χ4n) is 3.46. The van der Waals surface area contributed by atoms with Crippen LogP contribution < -0.4 is 11.5 Å². The summed E-state index contributed by atoms with van der Waals surface area (Å²) in [4.78, 5) is 13.9. The number of amides is 1. The van der Waals surface area contributed by atoms with E-state index < -0.39 is 5.54 Å². The van der Waals surface area contributed by atoms with E-state index in [0.29, 0.717) is 31.0 Å². The molecule has 5 heteroatoms. The van der Waals surface area contributed by atoms with Gasteiger partial charge >= 0.3 is 0 Å². The smallest absolute Gasteiger partial charge is 0.237 e. The molecule has 5 nitrogen and oxygen atoms in total. The predicted octanol–water partition coefficient (Wildman–Crippen LogP) is 0.221. The van der Waals surface area contributed by atoms with Crippen molar-refractivity contribution >= 4 is 5.91 Å². The third-order valence-corrected chi connectivity index (χ3v) is 4.70. The summed E-state index contributed by atoms with van der Waals surface area (Å²) in [6.07, 6.45) is 4.87. The maximum atomic E-state index is 11.4. The van der Waals surface area contributed by atoms with Gasteiger partial charge in [-0.25, -0.2) is 0 Å². The van der Waals surface area contributed by atoms with E-state index in [1.807, 2.05) is 0 Å². The molecule has 2 fully saturated rings. The van der Waals surface area contributed by atoms with Crippen LogP contribution in [0.25, 0.3) is 0 Å². The average molecular weight is 255 g/mol. The maximum absolute atomic E-state index is 11.4. The molecule has 0 radical (unpaired) electrons. The molecule has 1 aliphatic heterocycles. The molecular formula is C13H25N3O2. The molecule has 1 saturated carbocycles. The molecule has 0 aromatic heterocycles. The third-order valence-electron chi connectivity index (χ3n) is 4.70. The van der Waals surface area contributed by atoms with Crippen molar-refractivity contribution in [3.05, 3.63) is 0 Å². The van der Waals surface area contributed by atoms with Crippen molar-refractivity contribution in [3.8, 4) is 0 Å². The number of nitrogens with zero attached hydrogens (tertiary/aromatic N) is 1. The lowest BCUT2D eigenvalue weighted by atomic mass is 9.95. The summed E-state index contributed by atoms with van der Waals surface area (Å²) in [5.41, 5.74) is 10.7. The van der Waals surface area contributed by atoms with Crippen molar-refractivity contribution in [2.45, 2.75) is 62.8 Å². The van der Waals surface area contributed by atoms with Crippen molar-refractivity contribution in [2.75, 3.05) is 13.7 Å². The molecule has 2 rings (SSSR count). The number of nitrogens with two attached hydrogens (primary N) is 2. The molecule has 4 N–H and O–H groups in total. The fourth-order valence-corrected chi connectivity index (χ4v) is 3.46. The Hall–Kier alpha value is -0.650. The maximum Gasteiger partial charge on any atom is 0.237 e. The second-order valence-electron chi connectivity index (χ2n) is 5.89. The van der Waals surface area contributed by atoms with Gasteiger partial charge in [-0.1, -0.05) is 0 Å². The summed E-state index contributed by atoms with van der Waals surface area (Å²) >= 11 is 0. The normalized spacial score (nSPS) is 42.1. The van der Waals surface area contributed by atoms with E-state index in [1.54, 1.807) is 7.11 Å². The average Bonchev–Trinajstić information content (AvgIpc) is 2.73. The van der Waals surface area contributed by atoms with Gasteiger partial charge in [0.05, 0.1) is 11.6 Å². The number of methoxy groups -OCH3 is 1. The lowest BCUT2D eigenvalue weighted by Crippen LogP contribution is -2.53. The molecule has 1 heterocycles. The van der Waals surface area contributed by atoms with Gasteiger partial charge in [0.15, 0.2) is 0 Å². The van der Waals surface area contributed by atoms with E-state index in [2.05, 4.69) is 11.8 Å². The van der Waals surface area contributed by atoms with E-state index in [1.165, 1.54) is 0 Å². The first-order valence-corrected chi connectivity index (χ1v) is 6.83. The van der Waals surface area contributed by atoms with Gasteiger partial charge in [-0.05, 0) is 39.0 Å². The Morgan fingerprint density at radius 3 is 2.67 bits per heavy atom. The second-order valence-corrected chi connectivity index (χ2v) is 5.89. The molecule has 1 aliphatic carbocycles. The molecular weight excluding hydrogens is 230 g/mol. The zero-order valence-corrected chi connectivity index (χ0v) is 11.4. The van der Waals surface area contributed by atoms with Crippen LogP contribution >= 0.6 is 0 Å². The van der Waals surface area contributed by atoms with Gasteiger partial charge in [0.25, 0.3) is 0 Å². The van der Waals surface area contributed by atoms with Gasteiger partial charge in [-0.3, -0.25) is 9.69 Å². The van der Waals surface area contributed by atoms with E-state index in [4.69, 9.17) is 16.2 Å². The molecule has 4 atom stereocenters. The van der Waals surface area contributed by atoms with Gasteiger partial charge in [0, 0.05) is 25.7 Å². The minimum atomic E-state index is -0.789. The van der Waals surface area contributed by atoms with Crippen molar-refractivity contribution < 1.29 is 9.53 Å². The minimum Gasteiger partial charge on any atom is -0.381 e. The fraction of sp³-hybridized carbons (Fsp3) is 0.923. The van der Waals surface area contributed by atoms with Crippen LogP contribution in [-0.4, -0.2) is 48.2 Å². The highest BCUT2D eigenvalue weighted by Crippen LogP contribution is 2.34. The molecule has 4 unspecified atom stereocenters. The first-order chi connectivity index (χ1) is 8.46. The van der Waals surface area contributed by atoms with E-state index in [0.717, 1.165) is 25.8 Å². The lowest BCUT2D eigenvalue weighted by Gasteiger charge is -2.41. The Morgan fingerprint density at radius 2 is 2.17 bits per heavy atom. The van der Waals surface area contributed by atoms with Gasteiger partial charge in [-0.15, -0.1) is 0 Å². The summed E-state index contributed by atoms with van der Waals surface area (Å²) in [5, 5.41) is 0. The number of ether oxygens (including phenoxy) is 1. The Balaban J connectivity index is 1.96. The number of carbonyl (C=O) groups is 1. The first-order valence-electron chi connectivity index (χ1n) is 6.83. The highest BCUT2D eigenvalue weighted by Gasteiger charge is 2.44. The summed E-state index contributed by atoms with van der Waals surface area (Å²) in [6, 6.07) is 0.888. The number of hydrogen-bond acceptors (Lipinski definition) is 4. The molecule has 0 aromatic rings. The molecule has 0 bridgehead atoms. The van der Waals surface area contributed by atoms with Crippen LogP contribution in [0.3, 0.4) is 0 Å². The molecule has 0 spiro atoms. The Bertz CT molecular complexity index is 323. The van der Waals surface area contributed by atoms with Crippen molar-refractivity contribution in [2.24, 2.45) is 11.5 Å². The van der Waals surface area contributed by atoms with Crippen LogP contribution in [0.2, 0.25) is 0 Å². The standard InChI is InChI=1S/C13H25N3O2/c1-9-7-11(18-2)4-6-16(9)10-3-5-13(15,8-10)12(14)17/h9-11H,3-8,15H2,1-2H3,(H2,14,17). The topological polar surface area (TPSA) is 81.6 Å². The lowest BCUT2D eigenvalue weighted by molar-refractivity contribution is -0.123.